The molecule has 2 aromatic rings. The van der Waals surface area contributed by atoms with Gasteiger partial charge in [-0.05, 0) is 32.0 Å². The molecule has 0 saturated heterocycles. The molecule has 0 aromatic carbocycles. The fourth-order valence-electron chi connectivity index (χ4n) is 1.64. The molecule has 0 unspecified atom stereocenters. The van der Waals surface area contributed by atoms with Crippen molar-refractivity contribution in [1.82, 2.24) is 15.3 Å². The number of furan rings is 1. The zero-order valence-electron chi connectivity index (χ0n) is 10.2. The van der Waals surface area contributed by atoms with Gasteiger partial charge in [-0.3, -0.25) is 0 Å². The Balaban J connectivity index is 2.18. The van der Waals surface area contributed by atoms with Crippen LogP contribution in [0.2, 0.25) is 0 Å². The summed E-state index contributed by atoms with van der Waals surface area (Å²) in [6, 6.07) is 3.88. The summed E-state index contributed by atoms with van der Waals surface area (Å²) in [6.07, 6.45) is 4.42. The van der Waals surface area contributed by atoms with Gasteiger partial charge in [0.2, 0.25) is 0 Å². The van der Waals surface area contributed by atoms with Gasteiger partial charge in [0.15, 0.2) is 5.82 Å². The molecule has 2 aromatic heterocycles. The van der Waals surface area contributed by atoms with E-state index in [9.17, 15) is 0 Å². The maximum atomic E-state index is 5.05. The third kappa shape index (κ3) is 3.14. The minimum Gasteiger partial charge on any atom is -0.472 e. The topological polar surface area (TPSA) is 51.0 Å². The molecule has 17 heavy (non-hydrogen) atoms. The number of aryl methyl sites for hydroxylation is 1. The molecule has 4 heteroatoms. The Hall–Kier alpha value is -1.68. The van der Waals surface area contributed by atoms with Gasteiger partial charge in [0.05, 0.1) is 17.5 Å². The zero-order chi connectivity index (χ0) is 12.1. The first-order valence-electron chi connectivity index (χ1n) is 5.87. The second kappa shape index (κ2) is 5.59. The Kier molecular flexibility index (Phi) is 3.88. The maximum absolute atomic E-state index is 5.05. The molecule has 2 rings (SSSR count). The molecule has 4 nitrogen and oxygen atoms in total. The molecule has 0 amide bonds. The second-order valence-electron chi connectivity index (χ2n) is 4.01. The van der Waals surface area contributed by atoms with Crippen LogP contribution in [-0.4, -0.2) is 16.5 Å². The first kappa shape index (κ1) is 11.8. The molecular weight excluding hydrogens is 214 g/mol. The average Bonchev–Trinajstić information content (AvgIpc) is 2.82. The molecule has 0 aliphatic heterocycles. The molecule has 90 valence electrons. The minimum atomic E-state index is 0.729. The highest BCUT2D eigenvalue weighted by molar-refractivity contribution is 5.52. The van der Waals surface area contributed by atoms with Gasteiger partial charge in [-0.1, -0.05) is 6.92 Å². The van der Waals surface area contributed by atoms with Crippen LogP contribution in [0.15, 0.2) is 29.1 Å². The van der Waals surface area contributed by atoms with E-state index >= 15 is 0 Å². The SMILES string of the molecule is CCCNCc1cc(C)nc(-c2ccoc2)n1. The fraction of sp³-hybridized carbons (Fsp3) is 0.385. The van der Waals surface area contributed by atoms with Crippen molar-refractivity contribution in [2.24, 2.45) is 0 Å². The van der Waals surface area contributed by atoms with Crippen LogP contribution in [0, 0.1) is 6.92 Å². The Morgan fingerprint density at radius 3 is 2.94 bits per heavy atom. The van der Waals surface area contributed by atoms with Gasteiger partial charge in [0.1, 0.15) is 6.26 Å². The van der Waals surface area contributed by atoms with Gasteiger partial charge >= 0.3 is 0 Å². The van der Waals surface area contributed by atoms with Gasteiger partial charge in [-0.25, -0.2) is 9.97 Å². The van der Waals surface area contributed by atoms with Crippen LogP contribution in [0.4, 0.5) is 0 Å². The lowest BCUT2D eigenvalue weighted by Crippen LogP contribution is -2.15. The molecule has 0 saturated carbocycles. The molecule has 0 radical (unpaired) electrons. The first-order valence-corrected chi connectivity index (χ1v) is 5.87. The van der Waals surface area contributed by atoms with E-state index in [4.69, 9.17) is 4.42 Å². The van der Waals surface area contributed by atoms with Gasteiger partial charge < -0.3 is 9.73 Å². The van der Waals surface area contributed by atoms with E-state index in [1.807, 2.05) is 19.1 Å². The number of hydrogen-bond donors (Lipinski definition) is 1. The molecule has 0 spiro atoms. The van der Waals surface area contributed by atoms with Gasteiger partial charge in [0.25, 0.3) is 0 Å². The Morgan fingerprint density at radius 2 is 2.24 bits per heavy atom. The summed E-state index contributed by atoms with van der Waals surface area (Å²) in [6.45, 7) is 5.91. The summed E-state index contributed by atoms with van der Waals surface area (Å²) in [5, 5.41) is 3.34. The van der Waals surface area contributed by atoms with E-state index in [0.717, 1.165) is 42.3 Å². The van der Waals surface area contributed by atoms with Crippen LogP contribution in [0.1, 0.15) is 24.7 Å². The third-order valence-electron chi connectivity index (χ3n) is 2.42. The summed E-state index contributed by atoms with van der Waals surface area (Å²) >= 11 is 0. The molecular formula is C13H17N3O. The minimum absolute atomic E-state index is 0.729. The maximum Gasteiger partial charge on any atom is 0.162 e. The summed E-state index contributed by atoms with van der Waals surface area (Å²) < 4.78 is 5.05. The van der Waals surface area contributed by atoms with Gasteiger partial charge in [-0.15, -0.1) is 0 Å². The fourth-order valence-corrected chi connectivity index (χ4v) is 1.64. The van der Waals surface area contributed by atoms with E-state index in [1.165, 1.54) is 0 Å². The van der Waals surface area contributed by atoms with Gasteiger partial charge in [-0.2, -0.15) is 0 Å². The largest absolute Gasteiger partial charge is 0.472 e. The van der Waals surface area contributed by atoms with Crippen molar-refractivity contribution in [3.63, 3.8) is 0 Å². The summed E-state index contributed by atoms with van der Waals surface area (Å²) in [7, 11) is 0. The Morgan fingerprint density at radius 1 is 1.35 bits per heavy atom. The summed E-state index contributed by atoms with van der Waals surface area (Å²) in [4.78, 5) is 8.92. The number of rotatable bonds is 5. The lowest BCUT2D eigenvalue weighted by molar-refractivity contribution is 0.568. The quantitative estimate of drug-likeness (QED) is 0.803. The second-order valence-corrected chi connectivity index (χ2v) is 4.01. The van der Waals surface area contributed by atoms with Crippen molar-refractivity contribution in [2.45, 2.75) is 26.8 Å². The lowest BCUT2D eigenvalue weighted by Gasteiger charge is -2.05. The number of aromatic nitrogens is 2. The smallest absolute Gasteiger partial charge is 0.162 e. The highest BCUT2D eigenvalue weighted by Gasteiger charge is 2.05. The van der Waals surface area contributed by atoms with Crippen molar-refractivity contribution in [2.75, 3.05) is 6.54 Å². The molecule has 0 aliphatic rings. The normalized spacial score (nSPS) is 10.7. The van der Waals surface area contributed by atoms with Crippen LogP contribution in [0.5, 0.6) is 0 Å². The summed E-state index contributed by atoms with van der Waals surface area (Å²) in [5.41, 5.74) is 2.91. The molecule has 2 heterocycles. The Labute approximate surface area is 101 Å². The molecule has 0 atom stereocenters. The van der Waals surface area contributed by atoms with E-state index in [1.54, 1.807) is 12.5 Å². The van der Waals surface area contributed by atoms with Gasteiger partial charge in [0, 0.05) is 12.2 Å². The number of nitrogens with one attached hydrogen (secondary N) is 1. The van der Waals surface area contributed by atoms with Crippen LogP contribution in [-0.2, 0) is 6.54 Å². The highest BCUT2D eigenvalue weighted by atomic mass is 16.3. The predicted molar refractivity (Wildman–Crippen MR) is 66.5 cm³/mol. The summed E-state index contributed by atoms with van der Waals surface area (Å²) in [5.74, 6) is 0.729. The standard InChI is InChI=1S/C13H17N3O/c1-3-5-14-8-12-7-10(2)15-13(16-12)11-4-6-17-9-11/h4,6-7,9,14H,3,5,8H2,1-2H3. The molecule has 0 bridgehead atoms. The van der Waals surface area contributed by atoms with Crippen molar-refractivity contribution >= 4 is 0 Å². The Bertz CT molecular complexity index is 466. The molecule has 0 fully saturated rings. The van der Waals surface area contributed by atoms with Crippen molar-refractivity contribution in [3.8, 4) is 11.4 Å². The van der Waals surface area contributed by atoms with Crippen LogP contribution >= 0.6 is 0 Å². The monoisotopic (exact) mass is 231 g/mol. The van der Waals surface area contributed by atoms with E-state index < -0.39 is 0 Å². The highest BCUT2D eigenvalue weighted by Crippen LogP contribution is 2.16. The third-order valence-corrected chi connectivity index (χ3v) is 2.42. The van der Waals surface area contributed by atoms with E-state index in [0.29, 0.717) is 0 Å². The number of hydrogen-bond acceptors (Lipinski definition) is 4. The van der Waals surface area contributed by atoms with Crippen molar-refractivity contribution in [1.29, 1.82) is 0 Å². The van der Waals surface area contributed by atoms with Crippen LogP contribution < -0.4 is 5.32 Å². The average molecular weight is 231 g/mol. The van der Waals surface area contributed by atoms with E-state index in [-0.39, 0.29) is 0 Å². The first-order chi connectivity index (χ1) is 8.29. The van der Waals surface area contributed by atoms with Crippen molar-refractivity contribution < 1.29 is 4.42 Å². The predicted octanol–water partition coefficient (Wildman–Crippen LogP) is 2.54. The number of nitrogens with zero attached hydrogens (tertiary/aromatic N) is 2. The van der Waals surface area contributed by atoms with Crippen LogP contribution in [0.3, 0.4) is 0 Å². The lowest BCUT2D eigenvalue weighted by atomic mass is 10.2. The molecule has 0 aliphatic carbocycles. The zero-order valence-corrected chi connectivity index (χ0v) is 10.2. The molecule has 1 N–H and O–H groups in total. The van der Waals surface area contributed by atoms with Crippen LogP contribution in [0.25, 0.3) is 11.4 Å². The van der Waals surface area contributed by atoms with Crippen molar-refractivity contribution in [3.05, 3.63) is 36.0 Å². The van der Waals surface area contributed by atoms with E-state index in [2.05, 4.69) is 22.2 Å².